The Morgan fingerprint density at radius 1 is 1.10 bits per heavy atom. The quantitative estimate of drug-likeness (QED) is 0.838. The van der Waals surface area contributed by atoms with E-state index in [-0.39, 0.29) is 5.82 Å². The molecule has 2 fully saturated rings. The van der Waals surface area contributed by atoms with Crippen LogP contribution in [0.5, 0.6) is 0 Å². The highest BCUT2D eigenvalue weighted by Gasteiger charge is 2.26. The van der Waals surface area contributed by atoms with Gasteiger partial charge in [-0.05, 0) is 34.8 Å². The lowest BCUT2D eigenvalue weighted by Gasteiger charge is -2.39. The van der Waals surface area contributed by atoms with Gasteiger partial charge in [0.15, 0.2) is 0 Å². The molecule has 0 aromatic heterocycles. The topological polar surface area (TPSA) is 32.5 Å². The molecule has 0 atom stereocenters. The molecule has 0 amide bonds. The van der Waals surface area contributed by atoms with Crippen molar-refractivity contribution in [1.29, 1.82) is 0 Å². The Bertz CT molecular complexity index is 480. The van der Waals surface area contributed by atoms with E-state index in [1.54, 1.807) is 6.07 Å². The van der Waals surface area contributed by atoms with E-state index in [9.17, 15) is 4.39 Å². The van der Waals surface area contributed by atoms with Crippen LogP contribution in [-0.4, -0.2) is 37.1 Å². The summed E-state index contributed by atoms with van der Waals surface area (Å²) in [5, 5.41) is 0. The summed E-state index contributed by atoms with van der Waals surface area (Å²) in [4.78, 5) is 4.88. The molecular formula is C15H21BrFN3. The van der Waals surface area contributed by atoms with Crippen LogP contribution in [0, 0.1) is 5.82 Å². The molecular weight excluding hydrogens is 321 g/mol. The number of nitrogens with two attached hydrogens (primary N) is 1. The highest BCUT2D eigenvalue weighted by Crippen LogP contribution is 2.31. The first-order valence-electron chi connectivity index (χ1n) is 7.38. The fourth-order valence-electron chi connectivity index (χ4n) is 3.42. The SMILES string of the molecule is Nc1cc(F)c(Br)cc1N1CCN(C2CCCC2)CC1. The van der Waals surface area contributed by atoms with E-state index in [0.29, 0.717) is 10.2 Å². The molecule has 0 spiro atoms. The van der Waals surface area contributed by atoms with Crippen molar-refractivity contribution in [2.75, 3.05) is 36.8 Å². The minimum absolute atomic E-state index is 0.296. The van der Waals surface area contributed by atoms with E-state index in [4.69, 9.17) is 5.73 Å². The van der Waals surface area contributed by atoms with Crippen LogP contribution < -0.4 is 10.6 Å². The predicted octanol–water partition coefficient (Wildman–Crippen LogP) is 3.24. The molecule has 1 aliphatic carbocycles. The van der Waals surface area contributed by atoms with Crippen LogP contribution in [0.3, 0.4) is 0 Å². The average Bonchev–Trinajstić information content (AvgIpc) is 2.97. The molecule has 110 valence electrons. The molecule has 3 nitrogen and oxygen atoms in total. The van der Waals surface area contributed by atoms with Gasteiger partial charge in [0, 0.05) is 38.3 Å². The minimum Gasteiger partial charge on any atom is -0.397 e. The number of nitrogens with zero attached hydrogens (tertiary/aromatic N) is 2. The van der Waals surface area contributed by atoms with Crippen molar-refractivity contribution >= 4 is 27.3 Å². The fourth-order valence-corrected chi connectivity index (χ4v) is 3.75. The summed E-state index contributed by atoms with van der Waals surface area (Å²) in [6.45, 7) is 4.11. The molecule has 20 heavy (non-hydrogen) atoms. The summed E-state index contributed by atoms with van der Waals surface area (Å²) in [6.07, 6.45) is 5.46. The Hall–Kier alpha value is -0.810. The number of anilines is 2. The Balaban J connectivity index is 1.67. The summed E-state index contributed by atoms with van der Waals surface area (Å²) in [7, 11) is 0. The van der Waals surface area contributed by atoms with E-state index in [0.717, 1.165) is 37.9 Å². The highest BCUT2D eigenvalue weighted by atomic mass is 79.9. The van der Waals surface area contributed by atoms with E-state index in [1.165, 1.54) is 31.7 Å². The maximum absolute atomic E-state index is 13.4. The van der Waals surface area contributed by atoms with Crippen LogP contribution in [0.4, 0.5) is 15.8 Å². The Kier molecular flexibility index (Phi) is 4.17. The summed E-state index contributed by atoms with van der Waals surface area (Å²) in [6, 6.07) is 3.99. The molecule has 3 rings (SSSR count). The lowest BCUT2D eigenvalue weighted by molar-refractivity contribution is 0.187. The molecule has 0 bridgehead atoms. The first-order chi connectivity index (χ1) is 9.65. The Morgan fingerprint density at radius 3 is 2.40 bits per heavy atom. The van der Waals surface area contributed by atoms with Gasteiger partial charge in [0.2, 0.25) is 0 Å². The minimum atomic E-state index is -0.296. The molecule has 0 radical (unpaired) electrons. The molecule has 1 aliphatic heterocycles. The largest absolute Gasteiger partial charge is 0.397 e. The molecule has 1 aromatic carbocycles. The average molecular weight is 342 g/mol. The van der Waals surface area contributed by atoms with Gasteiger partial charge >= 0.3 is 0 Å². The summed E-state index contributed by atoms with van der Waals surface area (Å²) >= 11 is 3.24. The molecule has 2 aliphatic rings. The number of benzene rings is 1. The van der Waals surface area contributed by atoms with Crippen molar-refractivity contribution < 1.29 is 4.39 Å². The van der Waals surface area contributed by atoms with Gasteiger partial charge in [-0.15, -0.1) is 0 Å². The van der Waals surface area contributed by atoms with Crippen LogP contribution in [0.25, 0.3) is 0 Å². The summed E-state index contributed by atoms with van der Waals surface area (Å²) in [5.74, 6) is -0.296. The third-order valence-electron chi connectivity index (χ3n) is 4.57. The van der Waals surface area contributed by atoms with Gasteiger partial charge in [-0.25, -0.2) is 4.39 Å². The van der Waals surface area contributed by atoms with Crippen LogP contribution in [-0.2, 0) is 0 Å². The molecule has 1 heterocycles. The van der Waals surface area contributed by atoms with Gasteiger partial charge in [-0.1, -0.05) is 12.8 Å². The number of hydrogen-bond donors (Lipinski definition) is 1. The second kappa shape index (κ2) is 5.90. The molecule has 5 heteroatoms. The smallest absolute Gasteiger partial charge is 0.139 e. The Labute approximate surface area is 128 Å². The maximum Gasteiger partial charge on any atom is 0.139 e. The van der Waals surface area contributed by atoms with E-state index >= 15 is 0 Å². The summed E-state index contributed by atoms with van der Waals surface area (Å²) in [5.41, 5.74) is 7.44. The molecule has 1 aromatic rings. The van der Waals surface area contributed by atoms with Crippen molar-refractivity contribution in [3.05, 3.63) is 22.4 Å². The van der Waals surface area contributed by atoms with Gasteiger partial charge in [0.25, 0.3) is 0 Å². The van der Waals surface area contributed by atoms with E-state index in [2.05, 4.69) is 25.7 Å². The predicted molar refractivity (Wildman–Crippen MR) is 84.6 cm³/mol. The number of hydrogen-bond acceptors (Lipinski definition) is 3. The van der Waals surface area contributed by atoms with Crippen molar-refractivity contribution in [2.45, 2.75) is 31.7 Å². The Morgan fingerprint density at radius 2 is 1.75 bits per heavy atom. The molecule has 2 N–H and O–H groups in total. The third-order valence-corrected chi connectivity index (χ3v) is 5.17. The number of rotatable bonds is 2. The molecule has 0 unspecified atom stereocenters. The first kappa shape index (κ1) is 14.1. The third kappa shape index (κ3) is 2.79. The normalized spacial score (nSPS) is 21.6. The fraction of sp³-hybridized carbons (Fsp3) is 0.600. The van der Waals surface area contributed by atoms with Gasteiger partial charge in [0.05, 0.1) is 15.8 Å². The second-order valence-electron chi connectivity index (χ2n) is 5.79. The maximum atomic E-state index is 13.4. The number of halogens is 2. The van der Waals surface area contributed by atoms with Gasteiger partial charge < -0.3 is 10.6 Å². The van der Waals surface area contributed by atoms with E-state index in [1.807, 2.05) is 0 Å². The number of piperazine rings is 1. The van der Waals surface area contributed by atoms with Crippen molar-refractivity contribution in [2.24, 2.45) is 0 Å². The van der Waals surface area contributed by atoms with Crippen molar-refractivity contribution in [1.82, 2.24) is 4.90 Å². The highest BCUT2D eigenvalue weighted by molar-refractivity contribution is 9.10. The molecule has 1 saturated carbocycles. The second-order valence-corrected chi connectivity index (χ2v) is 6.64. The first-order valence-corrected chi connectivity index (χ1v) is 8.18. The zero-order chi connectivity index (χ0) is 14.1. The van der Waals surface area contributed by atoms with Crippen LogP contribution in [0.1, 0.15) is 25.7 Å². The van der Waals surface area contributed by atoms with Gasteiger partial charge in [-0.3, -0.25) is 4.90 Å². The van der Waals surface area contributed by atoms with Crippen molar-refractivity contribution in [3.8, 4) is 0 Å². The number of nitrogen functional groups attached to an aromatic ring is 1. The van der Waals surface area contributed by atoms with Gasteiger partial charge in [0.1, 0.15) is 5.82 Å². The van der Waals surface area contributed by atoms with E-state index < -0.39 is 0 Å². The zero-order valence-electron chi connectivity index (χ0n) is 11.6. The molecule has 1 saturated heterocycles. The lowest BCUT2D eigenvalue weighted by atomic mass is 10.1. The standard InChI is InChI=1S/C15H21BrFN3/c16-12-9-15(14(18)10-13(12)17)20-7-5-19(6-8-20)11-3-1-2-4-11/h9-11H,1-8,18H2. The summed E-state index contributed by atoms with van der Waals surface area (Å²) < 4.78 is 13.9. The zero-order valence-corrected chi connectivity index (χ0v) is 13.2. The van der Waals surface area contributed by atoms with Crippen molar-refractivity contribution in [3.63, 3.8) is 0 Å². The van der Waals surface area contributed by atoms with Crippen LogP contribution in [0.15, 0.2) is 16.6 Å². The lowest BCUT2D eigenvalue weighted by Crippen LogP contribution is -2.49. The van der Waals surface area contributed by atoms with Crippen LogP contribution >= 0.6 is 15.9 Å². The van der Waals surface area contributed by atoms with Gasteiger partial charge in [-0.2, -0.15) is 0 Å². The van der Waals surface area contributed by atoms with Crippen LogP contribution in [0.2, 0.25) is 0 Å². The monoisotopic (exact) mass is 341 g/mol.